The molecule has 18 heavy (non-hydrogen) atoms. The number of hydrogen-bond donors (Lipinski definition) is 2. The molecule has 0 aromatic heterocycles. The normalized spacial score (nSPS) is 42.3. The molecule has 1 saturated carbocycles. The highest BCUT2D eigenvalue weighted by Gasteiger charge is 2.39. The van der Waals surface area contributed by atoms with Gasteiger partial charge in [0.05, 0.1) is 17.8 Å². The number of hydrogen-bond acceptors (Lipinski definition) is 4. The number of rotatable bonds is 4. The van der Waals surface area contributed by atoms with Gasteiger partial charge in [0.1, 0.15) is 0 Å². The van der Waals surface area contributed by atoms with Crippen LogP contribution in [0, 0.1) is 5.92 Å². The Hall–Kier alpha value is -0.160. The van der Waals surface area contributed by atoms with Crippen LogP contribution < -0.4 is 5.73 Å². The van der Waals surface area contributed by atoms with E-state index in [1.807, 2.05) is 0 Å². The molecule has 1 aliphatic heterocycles. The van der Waals surface area contributed by atoms with Crippen LogP contribution in [0.2, 0.25) is 0 Å². The summed E-state index contributed by atoms with van der Waals surface area (Å²) in [7, 11) is 0. The number of aliphatic hydroxyl groups is 1. The van der Waals surface area contributed by atoms with E-state index in [0.717, 1.165) is 45.3 Å². The van der Waals surface area contributed by atoms with Gasteiger partial charge in [-0.05, 0) is 45.6 Å². The lowest BCUT2D eigenvalue weighted by atomic mass is 9.88. The van der Waals surface area contributed by atoms with Crippen LogP contribution in [0.5, 0.6) is 0 Å². The van der Waals surface area contributed by atoms with Crippen molar-refractivity contribution in [3.63, 3.8) is 0 Å². The first-order valence-corrected chi connectivity index (χ1v) is 7.34. The van der Waals surface area contributed by atoms with Gasteiger partial charge in [0.25, 0.3) is 0 Å². The second-order valence-electron chi connectivity index (χ2n) is 6.20. The minimum Gasteiger partial charge on any atom is -0.388 e. The molecule has 0 aromatic rings. The Morgan fingerprint density at radius 1 is 1.33 bits per heavy atom. The molecular formula is C14H28N2O2. The van der Waals surface area contributed by atoms with Crippen LogP contribution in [-0.2, 0) is 4.74 Å². The molecule has 3 N–H and O–H groups in total. The number of nitrogens with zero attached hydrogens (tertiary/aromatic N) is 1. The minimum atomic E-state index is -0.594. The quantitative estimate of drug-likeness (QED) is 0.787. The number of ether oxygens (including phenoxy) is 1. The molecule has 4 atom stereocenters. The van der Waals surface area contributed by atoms with Crippen LogP contribution in [0.1, 0.15) is 39.5 Å². The van der Waals surface area contributed by atoms with Gasteiger partial charge < -0.3 is 15.6 Å². The van der Waals surface area contributed by atoms with Crippen LogP contribution in [0.15, 0.2) is 0 Å². The summed E-state index contributed by atoms with van der Waals surface area (Å²) in [6, 6.07) is 0. The van der Waals surface area contributed by atoms with Crippen molar-refractivity contribution in [2.45, 2.75) is 57.3 Å². The Balaban J connectivity index is 1.80. The second-order valence-corrected chi connectivity index (χ2v) is 6.20. The van der Waals surface area contributed by atoms with E-state index in [-0.39, 0.29) is 0 Å². The molecule has 0 radical (unpaired) electrons. The first kappa shape index (κ1) is 14.3. The zero-order chi connectivity index (χ0) is 13.2. The van der Waals surface area contributed by atoms with E-state index >= 15 is 0 Å². The summed E-state index contributed by atoms with van der Waals surface area (Å²) in [6.07, 6.45) is 4.84. The Labute approximate surface area is 110 Å². The van der Waals surface area contributed by atoms with Crippen LogP contribution in [0.25, 0.3) is 0 Å². The van der Waals surface area contributed by atoms with Gasteiger partial charge in [-0.2, -0.15) is 0 Å². The molecule has 4 unspecified atom stereocenters. The molecule has 0 bridgehead atoms. The van der Waals surface area contributed by atoms with Crippen LogP contribution in [0.4, 0.5) is 0 Å². The van der Waals surface area contributed by atoms with Crippen molar-refractivity contribution in [1.29, 1.82) is 0 Å². The van der Waals surface area contributed by atoms with Crippen molar-refractivity contribution in [2.24, 2.45) is 11.7 Å². The zero-order valence-electron chi connectivity index (χ0n) is 11.8. The molecule has 0 amide bonds. The molecule has 0 spiro atoms. The fourth-order valence-corrected chi connectivity index (χ4v) is 3.61. The maximum absolute atomic E-state index is 10.4. The van der Waals surface area contributed by atoms with Crippen molar-refractivity contribution in [2.75, 3.05) is 26.2 Å². The van der Waals surface area contributed by atoms with Gasteiger partial charge in [0, 0.05) is 19.6 Å². The minimum absolute atomic E-state index is 0.325. The molecule has 2 fully saturated rings. The van der Waals surface area contributed by atoms with Gasteiger partial charge in [0.15, 0.2) is 0 Å². The fourth-order valence-electron chi connectivity index (χ4n) is 3.61. The van der Waals surface area contributed by atoms with Gasteiger partial charge in [-0.15, -0.1) is 0 Å². The van der Waals surface area contributed by atoms with Crippen molar-refractivity contribution in [3.05, 3.63) is 0 Å². The molecule has 4 heteroatoms. The Morgan fingerprint density at radius 2 is 2.00 bits per heavy atom. The first-order chi connectivity index (χ1) is 8.53. The van der Waals surface area contributed by atoms with E-state index in [1.165, 1.54) is 0 Å². The van der Waals surface area contributed by atoms with E-state index in [4.69, 9.17) is 10.5 Å². The standard InChI is InChI=1S/C14H28N2O2/c1-11-8-16(9-12(2)18-11)7-5-13-4-3-6-14(13,17)10-15/h11-13,17H,3-10,15H2,1-2H3. The third-order valence-corrected chi connectivity index (χ3v) is 4.56. The topological polar surface area (TPSA) is 58.7 Å². The summed E-state index contributed by atoms with van der Waals surface area (Å²) in [6.45, 7) is 7.76. The average Bonchev–Trinajstić information content (AvgIpc) is 2.68. The molecular weight excluding hydrogens is 228 g/mol. The van der Waals surface area contributed by atoms with Crippen molar-refractivity contribution in [3.8, 4) is 0 Å². The average molecular weight is 256 g/mol. The highest BCUT2D eigenvalue weighted by atomic mass is 16.5. The highest BCUT2D eigenvalue weighted by Crippen LogP contribution is 2.37. The fraction of sp³-hybridized carbons (Fsp3) is 1.00. The summed E-state index contributed by atoms with van der Waals surface area (Å²) in [5.41, 5.74) is 5.13. The molecule has 106 valence electrons. The van der Waals surface area contributed by atoms with Crippen molar-refractivity contribution in [1.82, 2.24) is 4.90 Å². The molecule has 0 aromatic carbocycles. The summed E-state index contributed by atoms with van der Waals surface area (Å²) < 4.78 is 5.74. The largest absolute Gasteiger partial charge is 0.388 e. The summed E-state index contributed by atoms with van der Waals surface area (Å²) in [5.74, 6) is 0.385. The zero-order valence-corrected chi connectivity index (χ0v) is 11.8. The van der Waals surface area contributed by atoms with Gasteiger partial charge in [-0.1, -0.05) is 6.42 Å². The lowest BCUT2D eigenvalue weighted by Gasteiger charge is -2.37. The second kappa shape index (κ2) is 5.87. The van der Waals surface area contributed by atoms with E-state index < -0.39 is 5.60 Å². The summed E-state index contributed by atoms with van der Waals surface area (Å²) >= 11 is 0. The van der Waals surface area contributed by atoms with E-state index in [2.05, 4.69) is 18.7 Å². The number of morpholine rings is 1. The van der Waals surface area contributed by atoms with E-state index in [9.17, 15) is 5.11 Å². The molecule has 2 aliphatic rings. The monoisotopic (exact) mass is 256 g/mol. The van der Waals surface area contributed by atoms with Crippen molar-refractivity contribution < 1.29 is 9.84 Å². The maximum Gasteiger partial charge on any atom is 0.0797 e. The predicted octanol–water partition coefficient (Wildman–Crippen LogP) is 0.976. The lowest BCUT2D eigenvalue weighted by Crippen LogP contribution is -2.47. The van der Waals surface area contributed by atoms with Crippen molar-refractivity contribution >= 4 is 0 Å². The Bertz CT molecular complexity index is 265. The summed E-state index contributed by atoms with van der Waals surface area (Å²) in [4.78, 5) is 2.47. The van der Waals surface area contributed by atoms with Gasteiger partial charge in [-0.25, -0.2) is 0 Å². The van der Waals surface area contributed by atoms with Gasteiger partial charge in [0.2, 0.25) is 0 Å². The van der Waals surface area contributed by atoms with E-state index in [1.54, 1.807) is 0 Å². The first-order valence-electron chi connectivity index (χ1n) is 7.34. The van der Waals surface area contributed by atoms with Crippen LogP contribution in [-0.4, -0.2) is 54.0 Å². The third kappa shape index (κ3) is 3.23. The molecule has 1 heterocycles. The predicted molar refractivity (Wildman–Crippen MR) is 72.4 cm³/mol. The lowest BCUT2D eigenvalue weighted by molar-refractivity contribution is -0.0718. The third-order valence-electron chi connectivity index (χ3n) is 4.56. The molecule has 4 nitrogen and oxygen atoms in total. The van der Waals surface area contributed by atoms with Crippen LogP contribution >= 0.6 is 0 Å². The Morgan fingerprint density at radius 3 is 2.61 bits per heavy atom. The molecule has 2 rings (SSSR count). The molecule has 1 aliphatic carbocycles. The maximum atomic E-state index is 10.4. The van der Waals surface area contributed by atoms with Gasteiger partial charge in [-0.3, -0.25) is 4.90 Å². The Kier molecular flexibility index (Phi) is 4.64. The SMILES string of the molecule is CC1CN(CCC2CCCC2(O)CN)CC(C)O1. The van der Waals surface area contributed by atoms with Gasteiger partial charge >= 0.3 is 0 Å². The summed E-state index contributed by atoms with van der Waals surface area (Å²) in [5, 5.41) is 10.4. The highest BCUT2D eigenvalue weighted by molar-refractivity contribution is 4.93. The van der Waals surface area contributed by atoms with Crippen LogP contribution in [0.3, 0.4) is 0 Å². The smallest absolute Gasteiger partial charge is 0.0797 e. The van der Waals surface area contributed by atoms with E-state index in [0.29, 0.717) is 24.7 Å². The number of nitrogens with two attached hydrogens (primary N) is 1. The molecule has 1 saturated heterocycles.